The summed E-state index contributed by atoms with van der Waals surface area (Å²) in [4.78, 5) is 8.39. The predicted molar refractivity (Wildman–Crippen MR) is 110 cm³/mol. The van der Waals surface area contributed by atoms with Gasteiger partial charge in [-0.1, -0.05) is 0 Å². The van der Waals surface area contributed by atoms with Gasteiger partial charge in [0, 0.05) is 56.7 Å². The van der Waals surface area contributed by atoms with Gasteiger partial charge in [0.25, 0.3) is 0 Å². The maximum absolute atomic E-state index is 12.8. The van der Waals surface area contributed by atoms with Crippen molar-refractivity contribution < 1.29 is 18.3 Å². The van der Waals surface area contributed by atoms with Crippen LogP contribution >= 0.6 is 0 Å². The third-order valence-electron chi connectivity index (χ3n) is 5.62. The smallest absolute Gasteiger partial charge is 0.395 e. The summed E-state index contributed by atoms with van der Waals surface area (Å²) in [5.41, 5.74) is 2.23. The van der Waals surface area contributed by atoms with E-state index in [-0.39, 0.29) is 12.6 Å². The number of pyridine rings is 1. The average Bonchev–Trinajstić information content (AvgIpc) is 3.37. The lowest BCUT2D eigenvalue weighted by molar-refractivity contribution is -0.137. The number of nitrogens with one attached hydrogen (secondary N) is 1. The van der Waals surface area contributed by atoms with Crippen molar-refractivity contribution in [3.8, 4) is 11.4 Å². The molecule has 0 amide bonds. The van der Waals surface area contributed by atoms with Crippen LogP contribution in [-0.4, -0.2) is 62.0 Å². The summed E-state index contributed by atoms with van der Waals surface area (Å²) >= 11 is 0. The molecular weight excluding hydrogens is 409 g/mol. The Hall–Kier alpha value is -2.85. The quantitative estimate of drug-likeness (QED) is 0.624. The number of aliphatic hydroxyl groups excluding tert-OH is 1. The number of aromatic amines is 1. The summed E-state index contributed by atoms with van der Waals surface area (Å²) in [5, 5.41) is 16.6. The molecule has 0 radical (unpaired) electrons. The number of aromatic nitrogens is 4. The highest BCUT2D eigenvalue weighted by molar-refractivity contribution is 5.59. The van der Waals surface area contributed by atoms with E-state index in [0.29, 0.717) is 25.5 Å². The lowest BCUT2D eigenvalue weighted by Gasteiger charge is -2.40. The largest absolute Gasteiger partial charge is 0.417 e. The number of halogens is 3. The fourth-order valence-electron chi connectivity index (χ4n) is 4.08. The first-order chi connectivity index (χ1) is 14.9. The van der Waals surface area contributed by atoms with Gasteiger partial charge in [0.2, 0.25) is 0 Å². The highest BCUT2D eigenvalue weighted by atomic mass is 19.4. The van der Waals surface area contributed by atoms with Crippen LogP contribution in [0.1, 0.15) is 18.1 Å². The molecule has 1 aliphatic rings. The van der Waals surface area contributed by atoms with Gasteiger partial charge < -0.3 is 14.6 Å². The van der Waals surface area contributed by atoms with Gasteiger partial charge in [-0.15, -0.1) is 0 Å². The minimum atomic E-state index is -4.38. The molecule has 7 nitrogen and oxygen atoms in total. The summed E-state index contributed by atoms with van der Waals surface area (Å²) in [5.74, 6) is 0.561. The highest BCUT2D eigenvalue weighted by Crippen LogP contribution is 2.30. The van der Waals surface area contributed by atoms with Crippen LogP contribution in [0.2, 0.25) is 0 Å². The lowest BCUT2D eigenvalue weighted by Crippen LogP contribution is -2.51. The maximum Gasteiger partial charge on any atom is 0.417 e. The molecule has 31 heavy (non-hydrogen) atoms. The first-order valence-electron chi connectivity index (χ1n) is 10.2. The second-order valence-electron chi connectivity index (χ2n) is 7.76. The average molecular weight is 434 g/mol. The third kappa shape index (κ3) is 4.59. The van der Waals surface area contributed by atoms with Crippen LogP contribution in [0.5, 0.6) is 0 Å². The Bertz CT molecular complexity index is 997. The van der Waals surface area contributed by atoms with E-state index in [2.05, 4.69) is 20.1 Å². The molecule has 0 aromatic carbocycles. The summed E-state index contributed by atoms with van der Waals surface area (Å²) in [6, 6.07) is 6.56. The molecule has 2 N–H and O–H groups in total. The van der Waals surface area contributed by atoms with Crippen LogP contribution in [0.3, 0.4) is 0 Å². The number of hydrogen-bond donors (Lipinski definition) is 2. The number of rotatable bonds is 6. The Morgan fingerprint density at radius 3 is 2.71 bits per heavy atom. The molecule has 1 unspecified atom stereocenters. The van der Waals surface area contributed by atoms with Crippen molar-refractivity contribution in [2.24, 2.45) is 0 Å². The van der Waals surface area contributed by atoms with Crippen LogP contribution in [0, 0.1) is 0 Å². The molecule has 0 aliphatic carbocycles. The first-order valence-corrected chi connectivity index (χ1v) is 10.2. The third-order valence-corrected chi connectivity index (χ3v) is 5.62. The number of H-pyrrole nitrogens is 1. The number of aliphatic hydroxyl groups is 1. The monoisotopic (exact) mass is 434 g/mol. The standard InChI is InChI=1S/C21H25F3N6O/c1-15-13-28(7-8-30(15)19-5-4-17(12-25-19)21(22,23)24)14-16-11-26-27-20(16)18-3-2-6-29(18)9-10-31/h2-6,11-12,15,31H,7-10,13-14H2,1H3,(H,26,27). The Kier molecular flexibility index (Phi) is 6.01. The lowest BCUT2D eigenvalue weighted by atomic mass is 10.1. The molecule has 10 heteroatoms. The molecule has 0 saturated carbocycles. The number of alkyl halides is 3. The van der Waals surface area contributed by atoms with Gasteiger partial charge in [-0.05, 0) is 31.2 Å². The van der Waals surface area contributed by atoms with E-state index in [1.54, 1.807) is 0 Å². The summed E-state index contributed by atoms with van der Waals surface area (Å²) in [6.07, 6.45) is 0.261. The van der Waals surface area contributed by atoms with E-state index in [1.807, 2.05) is 40.9 Å². The van der Waals surface area contributed by atoms with Gasteiger partial charge in [-0.2, -0.15) is 18.3 Å². The molecule has 166 valence electrons. The molecule has 1 atom stereocenters. The van der Waals surface area contributed by atoms with Crippen molar-refractivity contribution in [2.75, 3.05) is 31.1 Å². The molecular formula is C21H25F3N6O. The van der Waals surface area contributed by atoms with Gasteiger partial charge in [-0.3, -0.25) is 10.00 Å². The van der Waals surface area contributed by atoms with Gasteiger partial charge in [0.15, 0.2) is 0 Å². The molecule has 1 saturated heterocycles. The molecule has 4 rings (SSSR count). The van der Waals surface area contributed by atoms with Crippen molar-refractivity contribution in [2.45, 2.75) is 32.2 Å². The Labute approximate surface area is 178 Å². The topological polar surface area (TPSA) is 73.2 Å². The summed E-state index contributed by atoms with van der Waals surface area (Å²) in [6.45, 7) is 5.51. The van der Waals surface area contributed by atoms with Crippen LogP contribution in [-0.2, 0) is 19.3 Å². The summed E-state index contributed by atoms with van der Waals surface area (Å²) in [7, 11) is 0. The Morgan fingerprint density at radius 2 is 2.03 bits per heavy atom. The number of hydrogen-bond acceptors (Lipinski definition) is 5. The highest BCUT2D eigenvalue weighted by Gasteiger charge is 2.32. The minimum absolute atomic E-state index is 0.0581. The van der Waals surface area contributed by atoms with Crippen molar-refractivity contribution in [3.05, 3.63) is 54.0 Å². The van der Waals surface area contributed by atoms with E-state index in [4.69, 9.17) is 0 Å². The van der Waals surface area contributed by atoms with Crippen molar-refractivity contribution >= 4 is 5.82 Å². The van der Waals surface area contributed by atoms with Gasteiger partial charge in [0.1, 0.15) is 5.82 Å². The van der Waals surface area contributed by atoms with Crippen LogP contribution in [0.25, 0.3) is 11.4 Å². The molecule has 0 bridgehead atoms. The fraction of sp³-hybridized carbons (Fsp3) is 0.429. The zero-order valence-electron chi connectivity index (χ0n) is 17.2. The van der Waals surface area contributed by atoms with Crippen molar-refractivity contribution in [3.63, 3.8) is 0 Å². The Morgan fingerprint density at radius 1 is 1.19 bits per heavy atom. The van der Waals surface area contributed by atoms with Crippen molar-refractivity contribution in [1.82, 2.24) is 24.6 Å². The van der Waals surface area contributed by atoms with Gasteiger partial charge in [0.05, 0.1) is 29.8 Å². The number of nitrogens with zero attached hydrogens (tertiary/aromatic N) is 5. The normalized spacial score (nSPS) is 18.0. The van der Waals surface area contributed by atoms with E-state index < -0.39 is 11.7 Å². The van der Waals surface area contributed by atoms with Crippen LogP contribution in [0.4, 0.5) is 19.0 Å². The second kappa shape index (κ2) is 8.72. The van der Waals surface area contributed by atoms with E-state index >= 15 is 0 Å². The zero-order chi connectivity index (χ0) is 22.0. The molecule has 3 aromatic rings. The van der Waals surface area contributed by atoms with E-state index in [9.17, 15) is 18.3 Å². The van der Waals surface area contributed by atoms with E-state index in [1.165, 1.54) is 6.07 Å². The fourth-order valence-corrected chi connectivity index (χ4v) is 4.08. The van der Waals surface area contributed by atoms with Gasteiger partial charge >= 0.3 is 6.18 Å². The van der Waals surface area contributed by atoms with E-state index in [0.717, 1.165) is 42.3 Å². The van der Waals surface area contributed by atoms with Crippen molar-refractivity contribution in [1.29, 1.82) is 0 Å². The minimum Gasteiger partial charge on any atom is -0.395 e. The molecule has 1 fully saturated rings. The van der Waals surface area contributed by atoms with Crippen LogP contribution in [0.15, 0.2) is 42.9 Å². The Balaban J connectivity index is 1.43. The molecule has 1 aliphatic heterocycles. The SMILES string of the molecule is CC1CN(Cc2cn[nH]c2-c2cccn2CCO)CCN1c1ccc(C(F)(F)F)cn1. The molecule has 3 aromatic heterocycles. The second-order valence-corrected chi connectivity index (χ2v) is 7.76. The zero-order valence-corrected chi connectivity index (χ0v) is 17.2. The first kappa shape index (κ1) is 21.4. The summed E-state index contributed by atoms with van der Waals surface area (Å²) < 4.78 is 40.4. The maximum atomic E-state index is 12.8. The predicted octanol–water partition coefficient (Wildman–Crippen LogP) is 3.00. The number of anilines is 1. The molecule has 4 heterocycles. The molecule has 0 spiro atoms. The van der Waals surface area contributed by atoms with Gasteiger partial charge in [-0.25, -0.2) is 4.98 Å². The number of piperazine rings is 1. The van der Waals surface area contributed by atoms with Crippen LogP contribution < -0.4 is 4.90 Å².